The van der Waals surface area contributed by atoms with Gasteiger partial charge < -0.3 is 10.6 Å². The Bertz CT molecular complexity index is 825. The van der Waals surface area contributed by atoms with Crippen molar-refractivity contribution < 1.29 is 4.79 Å². The zero-order valence-corrected chi connectivity index (χ0v) is 16.3. The van der Waals surface area contributed by atoms with Crippen molar-refractivity contribution in [3.05, 3.63) is 76.5 Å². The number of hydrogen-bond donors (Lipinski definition) is 2. The zero-order chi connectivity index (χ0) is 19.6. The Balaban J connectivity index is 1.83. The van der Waals surface area contributed by atoms with Gasteiger partial charge in [-0.15, -0.1) is 0 Å². The van der Waals surface area contributed by atoms with E-state index in [1.165, 1.54) is 11.8 Å². The monoisotopic (exact) mass is 361 g/mol. The first kappa shape index (κ1) is 20.3. The molecular weight excluding hydrogens is 334 g/mol. The van der Waals surface area contributed by atoms with Crippen LogP contribution in [0.1, 0.15) is 35.1 Å². The molecular formula is C23H27N3O. The van der Waals surface area contributed by atoms with Crippen molar-refractivity contribution in [1.29, 1.82) is 5.26 Å². The summed E-state index contributed by atoms with van der Waals surface area (Å²) in [4.78, 5) is 12.4. The third-order valence-corrected chi connectivity index (χ3v) is 4.41. The molecule has 0 spiro atoms. The van der Waals surface area contributed by atoms with E-state index in [-0.39, 0.29) is 11.5 Å². The number of anilines is 1. The summed E-state index contributed by atoms with van der Waals surface area (Å²) in [7, 11) is 0. The lowest BCUT2D eigenvalue weighted by Crippen LogP contribution is -2.18. The quantitative estimate of drug-likeness (QED) is 0.411. The van der Waals surface area contributed by atoms with Gasteiger partial charge in [0.1, 0.15) is 11.6 Å². The number of aryl methyl sites for hydroxylation is 4. The zero-order valence-electron chi connectivity index (χ0n) is 16.3. The van der Waals surface area contributed by atoms with Gasteiger partial charge in [0.25, 0.3) is 5.91 Å². The molecule has 0 aromatic heterocycles. The summed E-state index contributed by atoms with van der Waals surface area (Å²) >= 11 is 0. The van der Waals surface area contributed by atoms with Gasteiger partial charge in [-0.05, 0) is 56.7 Å². The van der Waals surface area contributed by atoms with Crippen molar-refractivity contribution in [2.75, 3.05) is 11.9 Å². The SMILES string of the molecule is Cc1cc(C)c(NC(=O)/C(C#N)=C\NCCCCc2ccccc2)c(C)c1. The summed E-state index contributed by atoms with van der Waals surface area (Å²) in [5, 5.41) is 15.2. The van der Waals surface area contributed by atoms with Crippen LogP contribution in [0.15, 0.2) is 54.2 Å². The number of rotatable bonds is 8. The van der Waals surface area contributed by atoms with Gasteiger partial charge in [-0.2, -0.15) is 5.26 Å². The number of hydrogen-bond acceptors (Lipinski definition) is 3. The number of amides is 1. The van der Waals surface area contributed by atoms with E-state index in [0.717, 1.165) is 48.2 Å². The minimum absolute atomic E-state index is 0.0810. The van der Waals surface area contributed by atoms with E-state index >= 15 is 0 Å². The highest BCUT2D eigenvalue weighted by Crippen LogP contribution is 2.22. The second-order valence-corrected chi connectivity index (χ2v) is 6.79. The molecule has 2 rings (SSSR count). The summed E-state index contributed by atoms with van der Waals surface area (Å²) in [5.41, 5.74) is 5.32. The molecule has 0 bridgehead atoms. The number of benzene rings is 2. The Kier molecular flexibility index (Phi) is 7.63. The maximum atomic E-state index is 12.4. The molecule has 4 heteroatoms. The van der Waals surface area contributed by atoms with Crippen molar-refractivity contribution in [1.82, 2.24) is 5.32 Å². The first-order chi connectivity index (χ1) is 13.0. The van der Waals surface area contributed by atoms with Crippen LogP contribution in [0, 0.1) is 32.1 Å². The molecule has 0 atom stereocenters. The molecule has 0 aliphatic rings. The highest BCUT2D eigenvalue weighted by molar-refractivity contribution is 6.07. The molecule has 27 heavy (non-hydrogen) atoms. The summed E-state index contributed by atoms with van der Waals surface area (Å²) < 4.78 is 0. The van der Waals surface area contributed by atoms with E-state index < -0.39 is 0 Å². The van der Waals surface area contributed by atoms with E-state index in [1.54, 1.807) is 0 Å². The molecule has 0 fully saturated rings. The van der Waals surface area contributed by atoms with Crippen LogP contribution in [0.25, 0.3) is 0 Å². The highest BCUT2D eigenvalue weighted by Gasteiger charge is 2.12. The summed E-state index contributed by atoms with van der Waals surface area (Å²) in [6.07, 6.45) is 4.57. The van der Waals surface area contributed by atoms with Gasteiger partial charge in [-0.1, -0.05) is 48.0 Å². The van der Waals surface area contributed by atoms with Crippen LogP contribution in [0.5, 0.6) is 0 Å². The van der Waals surface area contributed by atoms with Gasteiger partial charge in [0.05, 0.1) is 0 Å². The Labute approximate surface area is 161 Å². The van der Waals surface area contributed by atoms with Gasteiger partial charge in [-0.3, -0.25) is 4.79 Å². The second kappa shape index (κ2) is 10.2. The van der Waals surface area contributed by atoms with Crippen LogP contribution in [0.4, 0.5) is 5.69 Å². The van der Waals surface area contributed by atoms with E-state index in [9.17, 15) is 10.1 Å². The normalized spacial score (nSPS) is 11.0. The molecule has 0 unspecified atom stereocenters. The first-order valence-corrected chi connectivity index (χ1v) is 9.28. The minimum atomic E-state index is -0.385. The van der Waals surface area contributed by atoms with Gasteiger partial charge in [0.2, 0.25) is 0 Å². The lowest BCUT2D eigenvalue weighted by Gasteiger charge is -2.12. The van der Waals surface area contributed by atoms with Gasteiger partial charge in [0.15, 0.2) is 0 Å². The standard InChI is InChI=1S/C23H27N3O/c1-17-13-18(2)22(19(3)14-17)26-23(27)21(15-24)16-25-12-8-7-11-20-9-5-4-6-10-20/h4-6,9-10,13-14,16,25H,7-8,11-12H2,1-3H3,(H,26,27)/b21-16-. The molecule has 2 aromatic carbocycles. The summed E-state index contributed by atoms with van der Waals surface area (Å²) in [5.74, 6) is -0.385. The third kappa shape index (κ3) is 6.31. The third-order valence-electron chi connectivity index (χ3n) is 4.41. The number of nitrogens with zero attached hydrogens (tertiary/aromatic N) is 1. The Morgan fingerprint density at radius 3 is 2.37 bits per heavy atom. The first-order valence-electron chi connectivity index (χ1n) is 9.28. The maximum absolute atomic E-state index is 12.4. The van der Waals surface area contributed by atoms with Crippen molar-refractivity contribution in [2.45, 2.75) is 40.0 Å². The predicted octanol–water partition coefficient (Wildman–Crippen LogP) is 4.57. The van der Waals surface area contributed by atoms with E-state index in [0.29, 0.717) is 0 Å². The largest absolute Gasteiger partial charge is 0.390 e. The fourth-order valence-electron chi connectivity index (χ4n) is 3.08. The molecule has 2 N–H and O–H groups in total. The smallest absolute Gasteiger partial charge is 0.267 e. The number of nitriles is 1. The molecule has 4 nitrogen and oxygen atoms in total. The molecule has 1 amide bonds. The molecule has 0 aliphatic heterocycles. The molecule has 0 saturated carbocycles. The van der Waals surface area contributed by atoms with E-state index in [4.69, 9.17) is 0 Å². The molecule has 140 valence electrons. The lowest BCUT2D eigenvalue weighted by atomic mass is 10.0. The lowest BCUT2D eigenvalue weighted by molar-refractivity contribution is -0.112. The van der Waals surface area contributed by atoms with Crippen LogP contribution in [-0.2, 0) is 11.2 Å². The number of unbranched alkanes of at least 4 members (excludes halogenated alkanes) is 1. The maximum Gasteiger partial charge on any atom is 0.267 e. The van der Waals surface area contributed by atoms with Crippen molar-refractivity contribution in [3.63, 3.8) is 0 Å². The van der Waals surface area contributed by atoms with E-state index in [2.05, 4.69) is 22.8 Å². The van der Waals surface area contributed by atoms with Crippen LogP contribution in [0.2, 0.25) is 0 Å². The predicted molar refractivity (Wildman–Crippen MR) is 110 cm³/mol. The van der Waals surface area contributed by atoms with Crippen molar-refractivity contribution in [2.24, 2.45) is 0 Å². The summed E-state index contributed by atoms with van der Waals surface area (Å²) in [6, 6.07) is 16.4. The Hall–Kier alpha value is -3.06. The summed E-state index contributed by atoms with van der Waals surface area (Å²) in [6.45, 7) is 6.66. The van der Waals surface area contributed by atoms with Crippen LogP contribution in [-0.4, -0.2) is 12.5 Å². The minimum Gasteiger partial charge on any atom is -0.390 e. The molecule has 0 radical (unpaired) electrons. The molecule has 0 saturated heterocycles. The average molecular weight is 361 g/mol. The Morgan fingerprint density at radius 1 is 1.07 bits per heavy atom. The average Bonchev–Trinajstić information content (AvgIpc) is 2.64. The van der Waals surface area contributed by atoms with Crippen molar-refractivity contribution in [3.8, 4) is 6.07 Å². The number of nitrogens with one attached hydrogen (secondary N) is 2. The number of carbonyl (C=O) groups is 1. The molecule has 0 heterocycles. The highest BCUT2D eigenvalue weighted by atomic mass is 16.1. The second-order valence-electron chi connectivity index (χ2n) is 6.79. The van der Waals surface area contributed by atoms with Crippen LogP contribution >= 0.6 is 0 Å². The topological polar surface area (TPSA) is 64.9 Å². The van der Waals surface area contributed by atoms with Crippen LogP contribution < -0.4 is 10.6 Å². The van der Waals surface area contributed by atoms with E-state index in [1.807, 2.05) is 57.2 Å². The Morgan fingerprint density at radius 2 is 1.74 bits per heavy atom. The molecule has 2 aromatic rings. The molecule has 0 aliphatic carbocycles. The van der Waals surface area contributed by atoms with Gasteiger partial charge in [0, 0.05) is 18.4 Å². The fourth-order valence-corrected chi connectivity index (χ4v) is 3.08. The van der Waals surface area contributed by atoms with Gasteiger partial charge in [-0.25, -0.2) is 0 Å². The van der Waals surface area contributed by atoms with Crippen LogP contribution in [0.3, 0.4) is 0 Å². The number of carbonyl (C=O) groups excluding carboxylic acids is 1. The van der Waals surface area contributed by atoms with Gasteiger partial charge >= 0.3 is 0 Å². The van der Waals surface area contributed by atoms with Crippen molar-refractivity contribution >= 4 is 11.6 Å². The fraction of sp³-hybridized carbons (Fsp3) is 0.304.